The number of amides is 1. The van der Waals surface area contributed by atoms with Crippen LogP contribution < -0.4 is 4.90 Å². The Hall–Kier alpha value is -3.48. The third-order valence-corrected chi connectivity index (χ3v) is 5.76. The van der Waals surface area contributed by atoms with Crippen molar-refractivity contribution in [1.29, 1.82) is 10.7 Å². The molecular weight excluding hydrogens is 398 g/mol. The number of hydrogen-bond acceptors (Lipinski definition) is 8. The van der Waals surface area contributed by atoms with Crippen LogP contribution in [0.5, 0.6) is 0 Å². The predicted octanol–water partition coefficient (Wildman–Crippen LogP) is 1.74. The van der Waals surface area contributed by atoms with E-state index in [4.69, 9.17) is 10.1 Å². The van der Waals surface area contributed by atoms with Crippen LogP contribution in [0.2, 0.25) is 0 Å². The normalized spacial score (nSPS) is 19.5. The van der Waals surface area contributed by atoms with Crippen molar-refractivity contribution in [3.8, 4) is 6.07 Å². The molecule has 0 saturated carbocycles. The van der Waals surface area contributed by atoms with E-state index in [0.29, 0.717) is 13.1 Å². The van der Waals surface area contributed by atoms with Gasteiger partial charge in [0.1, 0.15) is 17.8 Å². The summed E-state index contributed by atoms with van der Waals surface area (Å²) in [5.74, 6) is -1.29. The number of anilines is 1. The van der Waals surface area contributed by atoms with Crippen LogP contribution in [0.3, 0.4) is 0 Å². The van der Waals surface area contributed by atoms with Gasteiger partial charge in [-0.25, -0.2) is 9.97 Å². The van der Waals surface area contributed by atoms with Gasteiger partial charge in [-0.1, -0.05) is 6.92 Å². The van der Waals surface area contributed by atoms with Crippen LogP contribution in [0.4, 0.5) is 5.82 Å². The molecule has 1 aliphatic heterocycles. The van der Waals surface area contributed by atoms with Crippen molar-refractivity contribution >= 4 is 34.4 Å². The monoisotopic (exact) mass is 425 g/mol. The molecule has 0 aromatic carbocycles. The fourth-order valence-electron chi connectivity index (χ4n) is 3.98. The topological polar surface area (TPSA) is 139 Å². The molecule has 0 aliphatic carbocycles. The van der Waals surface area contributed by atoms with Gasteiger partial charge in [0.25, 0.3) is 0 Å². The van der Waals surface area contributed by atoms with Gasteiger partial charge in [-0.05, 0) is 25.3 Å². The molecule has 3 atom stereocenters. The second-order valence-corrected chi connectivity index (χ2v) is 7.73. The van der Waals surface area contributed by atoms with Gasteiger partial charge in [-0.3, -0.25) is 9.59 Å². The maximum Gasteiger partial charge on any atom is 0.311 e. The van der Waals surface area contributed by atoms with E-state index in [-0.39, 0.29) is 30.7 Å². The Balaban J connectivity index is 1.75. The number of aromatic amines is 1. The summed E-state index contributed by atoms with van der Waals surface area (Å²) in [6.45, 7) is 4.88. The van der Waals surface area contributed by atoms with Gasteiger partial charge in [-0.15, -0.1) is 0 Å². The fourth-order valence-corrected chi connectivity index (χ4v) is 3.98. The Morgan fingerprint density at radius 3 is 2.97 bits per heavy atom. The molecule has 3 rings (SSSR count). The molecule has 2 N–H and O–H groups in total. The van der Waals surface area contributed by atoms with E-state index in [1.54, 1.807) is 11.8 Å². The minimum Gasteiger partial charge on any atom is -0.466 e. The Morgan fingerprint density at radius 1 is 1.48 bits per heavy atom. The zero-order valence-electron chi connectivity index (χ0n) is 18.0. The lowest BCUT2D eigenvalue weighted by atomic mass is 9.90. The van der Waals surface area contributed by atoms with Crippen LogP contribution in [-0.4, -0.2) is 70.2 Å². The molecule has 0 spiro atoms. The second-order valence-electron chi connectivity index (χ2n) is 7.73. The van der Waals surface area contributed by atoms with Crippen molar-refractivity contribution in [3.05, 3.63) is 18.6 Å². The number of aromatic nitrogens is 3. The average molecular weight is 425 g/mol. The number of ether oxygens (including phenoxy) is 1. The lowest BCUT2D eigenvalue weighted by Gasteiger charge is -2.42. The third kappa shape index (κ3) is 4.66. The number of carbonyl (C=O) groups excluding carboxylic acids is 2. The van der Waals surface area contributed by atoms with E-state index in [0.717, 1.165) is 23.3 Å². The lowest BCUT2D eigenvalue weighted by molar-refractivity contribution is -0.141. The van der Waals surface area contributed by atoms with Gasteiger partial charge in [-0.2, -0.15) is 5.26 Å². The fraction of sp³-hybridized carbons (Fsp3) is 0.524. The van der Waals surface area contributed by atoms with Gasteiger partial charge >= 0.3 is 5.97 Å². The number of piperidine rings is 1. The summed E-state index contributed by atoms with van der Waals surface area (Å²) in [7, 11) is 1.94. The van der Waals surface area contributed by atoms with Gasteiger partial charge < -0.3 is 24.9 Å². The summed E-state index contributed by atoms with van der Waals surface area (Å²) in [6, 6.07) is 3.79. The summed E-state index contributed by atoms with van der Waals surface area (Å²) in [5.41, 5.74) is 0.504. The number of nitrogens with zero attached hydrogens (tertiary/aromatic N) is 5. The number of carbonyl (C=O) groups is 2. The number of nitriles is 1. The summed E-state index contributed by atoms with van der Waals surface area (Å²) in [4.78, 5) is 40.1. The predicted molar refractivity (Wildman–Crippen MR) is 115 cm³/mol. The van der Waals surface area contributed by atoms with E-state index >= 15 is 0 Å². The Morgan fingerprint density at radius 2 is 2.26 bits per heavy atom. The van der Waals surface area contributed by atoms with E-state index in [1.165, 1.54) is 6.33 Å². The smallest absolute Gasteiger partial charge is 0.311 e. The highest BCUT2D eigenvalue weighted by Crippen LogP contribution is 2.29. The number of likely N-dealkylation sites (N-methyl/N-ethyl adjacent to an activating group) is 1. The minimum atomic E-state index is -1.29. The molecule has 1 amide bonds. The first-order valence-electron chi connectivity index (χ1n) is 10.3. The summed E-state index contributed by atoms with van der Waals surface area (Å²) < 4.78 is 4.84. The molecule has 31 heavy (non-hydrogen) atoms. The van der Waals surface area contributed by atoms with Crippen LogP contribution in [-0.2, 0) is 14.3 Å². The SMILES string of the molecule is CCOC(=O)CC(=N)C(C#N)C(=O)N1CC[C@@H](C)[C@@H](N(C)c2ncnc3[nH]ccc23)C1. The highest BCUT2D eigenvalue weighted by molar-refractivity contribution is 6.10. The molecule has 0 radical (unpaired) electrons. The molecule has 10 nitrogen and oxygen atoms in total. The van der Waals surface area contributed by atoms with Crippen molar-refractivity contribution in [1.82, 2.24) is 19.9 Å². The lowest BCUT2D eigenvalue weighted by Crippen LogP contribution is -2.54. The number of rotatable bonds is 7. The highest BCUT2D eigenvalue weighted by atomic mass is 16.5. The number of hydrogen-bond donors (Lipinski definition) is 2. The first kappa shape index (κ1) is 22.2. The van der Waals surface area contributed by atoms with E-state index in [9.17, 15) is 14.9 Å². The zero-order chi connectivity index (χ0) is 22.5. The molecule has 0 bridgehead atoms. The Labute approximate surface area is 180 Å². The van der Waals surface area contributed by atoms with Crippen LogP contribution in [0.15, 0.2) is 18.6 Å². The second kappa shape index (κ2) is 9.55. The highest BCUT2D eigenvalue weighted by Gasteiger charge is 2.36. The van der Waals surface area contributed by atoms with Crippen LogP contribution >= 0.6 is 0 Å². The van der Waals surface area contributed by atoms with Crippen molar-refractivity contribution in [2.45, 2.75) is 32.7 Å². The molecule has 1 aliphatic rings. The maximum atomic E-state index is 13.1. The van der Waals surface area contributed by atoms with Gasteiger partial charge in [0.2, 0.25) is 5.91 Å². The number of likely N-dealkylation sites (tertiary alicyclic amines) is 1. The standard InChI is InChI=1S/C21H27N7O3/c1-4-31-18(29)9-16(23)15(10-22)21(30)28-8-6-13(2)17(11-28)27(3)20-14-5-7-24-19(14)25-12-26-20/h5,7,12-13,15,17,23H,4,6,8-9,11H2,1-3H3,(H,24,25,26)/t13-,15?,17+/m1/s1. The maximum absolute atomic E-state index is 13.1. The molecule has 164 valence electrons. The average Bonchev–Trinajstić information content (AvgIpc) is 3.23. The van der Waals surface area contributed by atoms with Crippen LogP contribution in [0, 0.1) is 28.6 Å². The molecule has 1 fully saturated rings. The van der Waals surface area contributed by atoms with E-state index < -0.39 is 17.8 Å². The molecule has 2 aromatic rings. The van der Waals surface area contributed by atoms with Crippen LogP contribution in [0.25, 0.3) is 11.0 Å². The van der Waals surface area contributed by atoms with Gasteiger partial charge in [0, 0.05) is 32.0 Å². The molecule has 1 unspecified atom stereocenters. The van der Waals surface area contributed by atoms with Crippen molar-refractivity contribution in [3.63, 3.8) is 0 Å². The van der Waals surface area contributed by atoms with Crippen molar-refractivity contribution < 1.29 is 14.3 Å². The van der Waals surface area contributed by atoms with Crippen molar-refractivity contribution in [2.75, 3.05) is 31.6 Å². The Bertz CT molecular complexity index is 1010. The molecule has 1 saturated heterocycles. The molecule has 10 heteroatoms. The number of H-pyrrole nitrogens is 1. The number of esters is 1. The molecule has 3 heterocycles. The number of fused-ring (bicyclic) bond motifs is 1. The van der Waals surface area contributed by atoms with Crippen LogP contribution in [0.1, 0.15) is 26.7 Å². The molecular formula is C21H27N7O3. The first-order chi connectivity index (χ1) is 14.9. The minimum absolute atomic E-state index is 0.0238. The summed E-state index contributed by atoms with van der Waals surface area (Å²) in [5, 5.41) is 18.5. The van der Waals surface area contributed by atoms with E-state index in [2.05, 4.69) is 21.9 Å². The van der Waals surface area contributed by atoms with Gasteiger partial charge in [0.05, 0.1) is 30.5 Å². The summed E-state index contributed by atoms with van der Waals surface area (Å²) >= 11 is 0. The van der Waals surface area contributed by atoms with Gasteiger partial charge in [0.15, 0.2) is 5.92 Å². The first-order valence-corrected chi connectivity index (χ1v) is 10.3. The van der Waals surface area contributed by atoms with Crippen molar-refractivity contribution in [2.24, 2.45) is 11.8 Å². The third-order valence-electron chi connectivity index (χ3n) is 5.76. The Kier molecular flexibility index (Phi) is 6.84. The summed E-state index contributed by atoms with van der Waals surface area (Å²) in [6.07, 6.45) is 3.70. The number of nitrogens with one attached hydrogen (secondary N) is 2. The largest absolute Gasteiger partial charge is 0.466 e. The quantitative estimate of drug-likeness (QED) is 0.509. The molecule has 2 aromatic heterocycles. The zero-order valence-corrected chi connectivity index (χ0v) is 18.0. The van der Waals surface area contributed by atoms with E-state index in [1.807, 2.05) is 30.3 Å².